The molecule has 30 heavy (non-hydrogen) atoms. The van der Waals surface area contributed by atoms with Crippen LogP contribution in [-0.4, -0.2) is 28.5 Å². The average molecular weight is 403 g/mol. The minimum Gasteiger partial charge on any atom is -0.507 e. The summed E-state index contributed by atoms with van der Waals surface area (Å²) in [6, 6.07) is 20.6. The van der Waals surface area contributed by atoms with Crippen molar-refractivity contribution in [2.45, 2.75) is 13.0 Å². The zero-order valence-electron chi connectivity index (χ0n) is 16.4. The highest BCUT2D eigenvalue weighted by molar-refractivity contribution is 6.39. The van der Waals surface area contributed by atoms with Crippen molar-refractivity contribution in [2.24, 2.45) is 0 Å². The van der Waals surface area contributed by atoms with Crippen LogP contribution in [0, 0.1) is 0 Å². The molecule has 0 spiro atoms. The lowest BCUT2D eigenvalue weighted by atomic mass is 10.0. The van der Waals surface area contributed by atoms with Gasteiger partial charge < -0.3 is 14.4 Å². The number of esters is 1. The van der Waals surface area contributed by atoms with Crippen molar-refractivity contribution >= 4 is 17.5 Å². The summed E-state index contributed by atoms with van der Waals surface area (Å²) in [4.78, 5) is 36.1. The van der Waals surface area contributed by atoms with Crippen molar-refractivity contribution in [1.82, 2.24) is 4.57 Å². The number of aliphatic hydroxyl groups is 1. The molecule has 0 aliphatic carbocycles. The van der Waals surface area contributed by atoms with E-state index in [1.165, 1.54) is 10.6 Å². The van der Waals surface area contributed by atoms with Gasteiger partial charge >= 0.3 is 5.97 Å². The van der Waals surface area contributed by atoms with Crippen LogP contribution >= 0.6 is 0 Å². The van der Waals surface area contributed by atoms with Crippen molar-refractivity contribution in [3.05, 3.63) is 112 Å². The third kappa shape index (κ3) is 5.11. The number of ketones is 1. The number of nitrogens with zero attached hydrogens (tertiary/aromatic N) is 1. The monoisotopic (exact) mass is 403 g/mol. The summed E-state index contributed by atoms with van der Waals surface area (Å²) in [6.45, 7) is 0.299. The van der Waals surface area contributed by atoms with Gasteiger partial charge in [0.1, 0.15) is 5.76 Å². The molecule has 6 nitrogen and oxygen atoms in total. The number of methoxy groups -OCH3 is 1. The SMILES string of the molecule is COC(=O)C(=O)C=C(O)c1cc(Cc2ccccc2)cn(Cc2ccccc2)c1=O. The molecule has 0 aliphatic rings. The Morgan fingerprint density at radius 2 is 1.57 bits per heavy atom. The predicted octanol–water partition coefficient (Wildman–Crippen LogP) is 3.13. The molecule has 6 heteroatoms. The Kier molecular flexibility index (Phi) is 6.60. The van der Waals surface area contributed by atoms with Crippen molar-refractivity contribution in [3.63, 3.8) is 0 Å². The van der Waals surface area contributed by atoms with Gasteiger partial charge in [-0.15, -0.1) is 0 Å². The van der Waals surface area contributed by atoms with Crippen LogP contribution in [0.15, 0.2) is 83.8 Å². The quantitative estimate of drug-likeness (QED) is 0.284. The second kappa shape index (κ2) is 9.52. The number of pyridine rings is 1. The van der Waals surface area contributed by atoms with Crippen LogP contribution in [0.1, 0.15) is 22.3 Å². The maximum absolute atomic E-state index is 13.0. The van der Waals surface area contributed by atoms with E-state index in [-0.39, 0.29) is 5.56 Å². The van der Waals surface area contributed by atoms with Crippen LogP contribution in [0.3, 0.4) is 0 Å². The topological polar surface area (TPSA) is 85.6 Å². The Bertz CT molecular complexity index is 1130. The summed E-state index contributed by atoms with van der Waals surface area (Å²) in [7, 11) is 1.07. The number of carbonyl (C=O) groups excluding carboxylic acids is 2. The third-order valence-corrected chi connectivity index (χ3v) is 4.52. The standard InChI is InChI=1S/C24H21NO5/c1-30-24(29)22(27)14-21(26)20-13-19(12-17-8-4-2-5-9-17)16-25(23(20)28)15-18-10-6-3-7-11-18/h2-11,13-14,16,26H,12,15H2,1H3. The van der Waals surface area contributed by atoms with Crippen LogP contribution in [0.2, 0.25) is 0 Å². The molecule has 0 atom stereocenters. The van der Waals surface area contributed by atoms with Gasteiger partial charge in [-0.2, -0.15) is 0 Å². The molecule has 1 heterocycles. The average Bonchev–Trinajstić information content (AvgIpc) is 2.76. The summed E-state index contributed by atoms with van der Waals surface area (Å²) in [6.07, 6.45) is 2.98. The molecule has 0 aliphatic heterocycles. The molecule has 1 aromatic heterocycles. The number of aromatic nitrogens is 1. The Hall–Kier alpha value is -3.93. The molecule has 3 rings (SSSR count). The smallest absolute Gasteiger partial charge is 0.378 e. The lowest BCUT2D eigenvalue weighted by Crippen LogP contribution is -2.25. The fourth-order valence-electron chi connectivity index (χ4n) is 3.07. The molecule has 152 valence electrons. The van der Waals surface area contributed by atoms with E-state index in [2.05, 4.69) is 4.74 Å². The second-order valence-electron chi connectivity index (χ2n) is 6.73. The fraction of sp³-hybridized carbons (Fsp3) is 0.125. The van der Waals surface area contributed by atoms with E-state index in [0.29, 0.717) is 19.0 Å². The Morgan fingerprint density at radius 1 is 0.967 bits per heavy atom. The van der Waals surface area contributed by atoms with Gasteiger partial charge in [-0.25, -0.2) is 4.79 Å². The highest BCUT2D eigenvalue weighted by atomic mass is 16.5. The molecule has 0 saturated heterocycles. The molecule has 0 amide bonds. The zero-order chi connectivity index (χ0) is 21.5. The Labute approximate surface area is 173 Å². The first-order valence-electron chi connectivity index (χ1n) is 9.32. The van der Waals surface area contributed by atoms with E-state index in [9.17, 15) is 19.5 Å². The van der Waals surface area contributed by atoms with Crippen LogP contribution in [0.5, 0.6) is 0 Å². The maximum Gasteiger partial charge on any atom is 0.378 e. The van der Waals surface area contributed by atoms with Crippen LogP contribution in [0.4, 0.5) is 0 Å². The van der Waals surface area contributed by atoms with Crippen LogP contribution in [-0.2, 0) is 27.3 Å². The lowest BCUT2D eigenvalue weighted by Gasteiger charge is -2.12. The maximum atomic E-state index is 13.0. The summed E-state index contributed by atoms with van der Waals surface area (Å²) >= 11 is 0. The zero-order valence-corrected chi connectivity index (χ0v) is 16.4. The number of hydrogen-bond donors (Lipinski definition) is 1. The number of aliphatic hydroxyl groups excluding tert-OH is 1. The molecule has 0 radical (unpaired) electrons. The Balaban J connectivity index is 2.05. The van der Waals surface area contributed by atoms with Gasteiger partial charge in [0.05, 0.1) is 19.2 Å². The largest absolute Gasteiger partial charge is 0.507 e. The summed E-state index contributed by atoms with van der Waals surface area (Å²) in [5, 5.41) is 10.4. The van der Waals surface area contributed by atoms with Crippen LogP contribution < -0.4 is 5.56 Å². The van der Waals surface area contributed by atoms with Gasteiger partial charge in [0.25, 0.3) is 11.3 Å². The highest BCUT2D eigenvalue weighted by Gasteiger charge is 2.16. The van der Waals surface area contributed by atoms with E-state index in [4.69, 9.17) is 0 Å². The van der Waals surface area contributed by atoms with Gasteiger partial charge in [-0.05, 0) is 29.2 Å². The molecule has 2 aromatic carbocycles. The first kappa shape index (κ1) is 20.8. The molecule has 0 saturated carbocycles. The van der Waals surface area contributed by atoms with Crippen molar-refractivity contribution in [2.75, 3.05) is 7.11 Å². The van der Waals surface area contributed by atoms with Gasteiger partial charge in [0, 0.05) is 12.3 Å². The Morgan fingerprint density at radius 3 is 2.17 bits per heavy atom. The lowest BCUT2D eigenvalue weighted by molar-refractivity contribution is -0.149. The van der Waals surface area contributed by atoms with Crippen molar-refractivity contribution in [1.29, 1.82) is 0 Å². The minimum atomic E-state index is -1.12. The number of ether oxygens (including phenoxy) is 1. The molecule has 0 fully saturated rings. The highest BCUT2D eigenvalue weighted by Crippen LogP contribution is 2.15. The number of carbonyl (C=O) groups is 2. The summed E-state index contributed by atoms with van der Waals surface area (Å²) in [5.41, 5.74) is 2.19. The normalized spacial score (nSPS) is 11.2. The number of hydrogen-bond acceptors (Lipinski definition) is 5. The van der Waals surface area contributed by atoms with Gasteiger partial charge in [0.2, 0.25) is 0 Å². The first-order chi connectivity index (χ1) is 14.5. The molecular weight excluding hydrogens is 382 g/mol. The van der Waals surface area contributed by atoms with E-state index < -0.39 is 23.1 Å². The fourth-order valence-corrected chi connectivity index (χ4v) is 3.07. The second-order valence-corrected chi connectivity index (χ2v) is 6.73. The molecular formula is C24H21NO5. The van der Waals surface area contributed by atoms with Crippen molar-refractivity contribution in [3.8, 4) is 0 Å². The van der Waals surface area contributed by atoms with Gasteiger partial charge in [-0.1, -0.05) is 60.7 Å². The van der Waals surface area contributed by atoms with E-state index in [1.807, 2.05) is 60.7 Å². The van der Waals surface area contributed by atoms with Gasteiger partial charge in [-0.3, -0.25) is 9.59 Å². The summed E-state index contributed by atoms with van der Waals surface area (Å²) in [5.74, 6) is -2.74. The third-order valence-electron chi connectivity index (χ3n) is 4.52. The molecule has 0 bridgehead atoms. The van der Waals surface area contributed by atoms with Gasteiger partial charge in [0.15, 0.2) is 0 Å². The summed E-state index contributed by atoms with van der Waals surface area (Å²) < 4.78 is 5.84. The number of benzene rings is 2. The minimum absolute atomic E-state index is 0.0587. The molecule has 1 N–H and O–H groups in total. The predicted molar refractivity (Wildman–Crippen MR) is 113 cm³/mol. The van der Waals surface area contributed by atoms with E-state index in [1.54, 1.807) is 6.20 Å². The van der Waals surface area contributed by atoms with E-state index >= 15 is 0 Å². The molecule has 3 aromatic rings. The van der Waals surface area contributed by atoms with E-state index in [0.717, 1.165) is 23.8 Å². The molecule has 0 unspecified atom stereocenters. The first-order valence-corrected chi connectivity index (χ1v) is 9.32. The van der Waals surface area contributed by atoms with Crippen molar-refractivity contribution < 1.29 is 19.4 Å². The number of rotatable bonds is 7. The van der Waals surface area contributed by atoms with Crippen LogP contribution in [0.25, 0.3) is 5.76 Å².